The van der Waals surface area contributed by atoms with Crippen molar-refractivity contribution in [3.8, 4) is 0 Å². The molecule has 144 valence electrons. The van der Waals surface area contributed by atoms with Gasteiger partial charge < -0.3 is 15.0 Å². The van der Waals surface area contributed by atoms with Crippen LogP contribution in [0.1, 0.15) is 25.3 Å². The van der Waals surface area contributed by atoms with E-state index in [-0.39, 0.29) is 16.8 Å². The Kier molecular flexibility index (Phi) is 6.33. The molecule has 0 spiro atoms. The zero-order valence-electron chi connectivity index (χ0n) is 14.3. The summed E-state index contributed by atoms with van der Waals surface area (Å²) in [7, 11) is 1.45. The predicted molar refractivity (Wildman–Crippen MR) is 88.8 cm³/mol. The average Bonchev–Trinajstić information content (AvgIpc) is 2.60. The molecule has 1 N–H and O–H groups in total. The van der Waals surface area contributed by atoms with Crippen molar-refractivity contribution in [1.82, 2.24) is 10.3 Å². The summed E-state index contributed by atoms with van der Waals surface area (Å²) in [5.74, 6) is -0.986. The van der Waals surface area contributed by atoms with Crippen molar-refractivity contribution in [3.63, 3.8) is 0 Å². The predicted octanol–water partition coefficient (Wildman–Crippen LogP) is 2.65. The number of hydrogen-bond donors (Lipinski definition) is 1. The lowest BCUT2D eigenvalue weighted by Gasteiger charge is -2.32. The zero-order valence-corrected chi connectivity index (χ0v) is 15.0. The number of pyridine rings is 1. The highest BCUT2D eigenvalue weighted by molar-refractivity contribution is 6.33. The maximum Gasteiger partial charge on any atom is 0.417 e. The third-order valence-corrected chi connectivity index (χ3v) is 4.46. The monoisotopic (exact) mass is 393 g/mol. The zero-order chi connectivity index (χ0) is 19.5. The third-order valence-electron chi connectivity index (χ3n) is 4.19. The molecule has 10 heteroatoms. The summed E-state index contributed by atoms with van der Waals surface area (Å²) in [5.41, 5.74) is -0.909. The molecule has 1 fully saturated rings. The van der Waals surface area contributed by atoms with Crippen LogP contribution in [0.25, 0.3) is 0 Å². The number of likely N-dealkylation sites (N-methyl/N-ethyl adjacent to an activating group) is 1. The Morgan fingerprint density at radius 2 is 2.00 bits per heavy atom. The van der Waals surface area contributed by atoms with Gasteiger partial charge in [0.1, 0.15) is 5.82 Å². The number of esters is 1. The van der Waals surface area contributed by atoms with Gasteiger partial charge in [-0.3, -0.25) is 9.59 Å². The summed E-state index contributed by atoms with van der Waals surface area (Å²) in [5, 5.41) is 2.31. The first kappa shape index (κ1) is 20.3. The second-order valence-electron chi connectivity index (χ2n) is 5.98. The summed E-state index contributed by atoms with van der Waals surface area (Å²) in [6.45, 7) is 2.27. The maximum absolute atomic E-state index is 12.7. The van der Waals surface area contributed by atoms with Crippen LogP contribution in [0.5, 0.6) is 0 Å². The van der Waals surface area contributed by atoms with Crippen LogP contribution in [0.3, 0.4) is 0 Å². The first-order valence-electron chi connectivity index (χ1n) is 8.03. The van der Waals surface area contributed by atoms with Gasteiger partial charge in [0.05, 0.1) is 16.5 Å². The molecular formula is C16H19ClF3N3O3. The van der Waals surface area contributed by atoms with Crippen molar-refractivity contribution in [2.24, 2.45) is 5.92 Å². The van der Waals surface area contributed by atoms with E-state index < -0.39 is 29.7 Å². The van der Waals surface area contributed by atoms with Crippen molar-refractivity contribution in [3.05, 3.63) is 22.8 Å². The maximum atomic E-state index is 12.7. The Morgan fingerprint density at radius 1 is 1.38 bits per heavy atom. The number of anilines is 1. The highest BCUT2D eigenvalue weighted by Crippen LogP contribution is 2.34. The van der Waals surface area contributed by atoms with Gasteiger partial charge in [-0.15, -0.1) is 0 Å². The molecule has 1 aromatic rings. The molecule has 0 unspecified atom stereocenters. The van der Waals surface area contributed by atoms with E-state index >= 15 is 0 Å². The second kappa shape index (κ2) is 8.11. The molecule has 1 aromatic heterocycles. The fourth-order valence-electron chi connectivity index (χ4n) is 2.67. The lowest BCUT2D eigenvalue weighted by molar-refractivity contribution is -0.159. The van der Waals surface area contributed by atoms with Gasteiger partial charge in [-0.1, -0.05) is 11.6 Å². The number of alkyl halides is 3. The molecular weight excluding hydrogens is 375 g/mol. The average molecular weight is 394 g/mol. The highest BCUT2D eigenvalue weighted by Gasteiger charge is 2.33. The number of nitrogens with one attached hydrogen (secondary N) is 1. The van der Waals surface area contributed by atoms with Crippen LogP contribution >= 0.6 is 11.6 Å². The number of rotatable bonds is 4. The Labute approximate surface area is 153 Å². The van der Waals surface area contributed by atoms with E-state index in [0.29, 0.717) is 25.9 Å². The summed E-state index contributed by atoms with van der Waals surface area (Å²) >= 11 is 5.95. The molecule has 2 heterocycles. The lowest BCUT2D eigenvalue weighted by atomic mass is 9.97. The second-order valence-corrected chi connectivity index (χ2v) is 6.39. The summed E-state index contributed by atoms with van der Waals surface area (Å²) < 4.78 is 43.2. The van der Waals surface area contributed by atoms with Gasteiger partial charge in [0, 0.05) is 26.3 Å². The number of aromatic nitrogens is 1. The van der Waals surface area contributed by atoms with Gasteiger partial charge in [-0.25, -0.2) is 4.98 Å². The highest BCUT2D eigenvalue weighted by atomic mass is 35.5. The van der Waals surface area contributed by atoms with E-state index in [1.165, 1.54) is 14.0 Å². The summed E-state index contributed by atoms with van der Waals surface area (Å²) in [6, 6.07) is 0.843. The molecule has 6 nitrogen and oxygen atoms in total. The van der Waals surface area contributed by atoms with E-state index in [9.17, 15) is 22.8 Å². The lowest BCUT2D eigenvalue weighted by Crippen LogP contribution is -2.40. The van der Waals surface area contributed by atoms with Gasteiger partial charge in [-0.2, -0.15) is 13.2 Å². The molecule has 1 amide bonds. The summed E-state index contributed by atoms with van der Waals surface area (Å²) in [4.78, 5) is 29.1. The largest absolute Gasteiger partial charge is 0.452 e. The quantitative estimate of drug-likeness (QED) is 0.796. The van der Waals surface area contributed by atoms with Crippen LogP contribution in [0, 0.1) is 5.92 Å². The van der Waals surface area contributed by atoms with Crippen molar-refractivity contribution >= 4 is 29.3 Å². The van der Waals surface area contributed by atoms with E-state index in [2.05, 4.69) is 10.3 Å². The van der Waals surface area contributed by atoms with Crippen LogP contribution in [-0.4, -0.2) is 43.1 Å². The standard InChI is InChI=1S/C16H19ClF3N3O3/c1-9(14(24)21-2)26-15(25)10-3-5-23(6-4-10)13-12(17)7-11(8-22-13)16(18,19)20/h7-10H,3-6H2,1-2H3,(H,21,24)/t9-/m0/s1. The number of carbonyl (C=O) groups is 2. The summed E-state index contributed by atoms with van der Waals surface area (Å²) in [6.07, 6.45) is -3.78. The van der Waals surface area contributed by atoms with Crippen LogP contribution in [0.4, 0.5) is 19.0 Å². The van der Waals surface area contributed by atoms with Gasteiger partial charge >= 0.3 is 12.1 Å². The Bertz CT molecular complexity index is 676. The number of piperidine rings is 1. The molecule has 1 atom stereocenters. The van der Waals surface area contributed by atoms with Crippen molar-refractivity contribution in [2.75, 3.05) is 25.0 Å². The Balaban J connectivity index is 1.96. The van der Waals surface area contributed by atoms with E-state index in [1.807, 2.05) is 0 Å². The van der Waals surface area contributed by atoms with Gasteiger partial charge in [0.25, 0.3) is 5.91 Å². The molecule has 0 radical (unpaired) electrons. The van der Waals surface area contributed by atoms with E-state index in [0.717, 1.165) is 12.3 Å². The van der Waals surface area contributed by atoms with Gasteiger partial charge in [-0.05, 0) is 25.8 Å². The topological polar surface area (TPSA) is 71.5 Å². The number of halogens is 4. The number of carbonyl (C=O) groups excluding carboxylic acids is 2. The number of ether oxygens (including phenoxy) is 1. The van der Waals surface area contributed by atoms with E-state index in [4.69, 9.17) is 16.3 Å². The minimum Gasteiger partial charge on any atom is -0.452 e. The number of hydrogen-bond acceptors (Lipinski definition) is 5. The van der Waals surface area contributed by atoms with E-state index in [1.54, 1.807) is 4.90 Å². The molecule has 26 heavy (non-hydrogen) atoms. The van der Waals surface area contributed by atoms with Crippen LogP contribution < -0.4 is 10.2 Å². The fourth-order valence-corrected chi connectivity index (χ4v) is 2.96. The smallest absolute Gasteiger partial charge is 0.417 e. The Morgan fingerprint density at radius 3 is 2.50 bits per heavy atom. The molecule has 0 bridgehead atoms. The molecule has 0 aromatic carbocycles. The van der Waals surface area contributed by atoms with Crippen molar-refractivity contribution in [2.45, 2.75) is 32.0 Å². The first-order valence-corrected chi connectivity index (χ1v) is 8.41. The van der Waals surface area contributed by atoms with Crippen LogP contribution in [0.2, 0.25) is 5.02 Å². The number of amides is 1. The van der Waals surface area contributed by atoms with Crippen LogP contribution in [0.15, 0.2) is 12.3 Å². The molecule has 1 saturated heterocycles. The van der Waals surface area contributed by atoms with Crippen LogP contribution in [-0.2, 0) is 20.5 Å². The minimum atomic E-state index is -4.51. The Hall–Kier alpha value is -2.03. The minimum absolute atomic E-state index is 0.0888. The normalized spacial score (nSPS) is 16.9. The molecule has 0 aliphatic carbocycles. The molecule has 1 aliphatic heterocycles. The molecule has 2 rings (SSSR count). The third kappa shape index (κ3) is 4.78. The fraction of sp³-hybridized carbons (Fsp3) is 0.562. The van der Waals surface area contributed by atoms with Gasteiger partial charge in [0.15, 0.2) is 6.10 Å². The van der Waals surface area contributed by atoms with Gasteiger partial charge in [0.2, 0.25) is 0 Å². The van der Waals surface area contributed by atoms with Crippen molar-refractivity contribution in [1.29, 1.82) is 0 Å². The molecule has 0 saturated carbocycles. The molecule has 1 aliphatic rings. The van der Waals surface area contributed by atoms with Crippen molar-refractivity contribution < 1.29 is 27.5 Å². The first-order chi connectivity index (χ1) is 12.1. The SMILES string of the molecule is CNC(=O)[C@H](C)OC(=O)C1CCN(c2ncc(C(F)(F)F)cc2Cl)CC1. The number of nitrogens with zero attached hydrogens (tertiary/aromatic N) is 2.